The summed E-state index contributed by atoms with van der Waals surface area (Å²) in [6, 6.07) is 26.3. The molecule has 0 saturated heterocycles. The molecular weight excluding hydrogens is 400 g/mol. The van der Waals surface area contributed by atoms with E-state index < -0.39 is 0 Å². The molecule has 5 heteroatoms. The summed E-state index contributed by atoms with van der Waals surface area (Å²) >= 11 is 3.61. The van der Waals surface area contributed by atoms with Crippen LogP contribution in [0.3, 0.4) is 0 Å². The number of para-hydroxylation sites is 3. The van der Waals surface area contributed by atoms with Crippen molar-refractivity contribution in [2.45, 2.75) is 0 Å². The molecule has 0 radical (unpaired) electrons. The Morgan fingerprint density at radius 3 is 2.41 bits per heavy atom. The summed E-state index contributed by atoms with van der Waals surface area (Å²) in [6.45, 7) is 0. The third kappa shape index (κ3) is 2.76. The molecule has 5 rings (SSSR count). The Hall–Kier alpha value is -3.18. The van der Waals surface area contributed by atoms with Crippen LogP contribution >= 0.6 is 15.9 Å². The molecule has 0 aliphatic heterocycles. The lowest BCUT2D eigenvalue weighted by atomic mass is 10.1. The van der Waals surface area contributed by atoms with E-state index >= 15 is 0 Å². The van der Waals surface area contributed by atoms with Crippen LogP contribution in [-0.4, -0.2) is 14.4 Å². The Bertz CT molecular complexity index is 1260. The number of nitrogens with one attached hydrogen (secondary N) is 1. The molecule has 0 bridgehead atoms. The van der Waals surface area contributed by atoms with Crippen molar-refractivity contribution in [1.82, 2.24) is 14.4 Å². The number of fused-ring (bicyclic) bond motifs is 3. The van der Waals surface area contributed by atoms with Gasteiger partial charge >= 0.3 is 0 Å². The van der Waals surface area contributed by atoms with E-state index in [1.807, 2.05) is 67.0 Å². The Morgan fingerprint density at radius 1 is 0.815 bits per heavy atom. The van der Waals surface area contributed by atoms with Gasteiger partial charge in [-0.1, -0.05) is 54.6 Å². The number of benzene rings is 3. The molecular formula is C22H15BrN4. The fraction of sp³-hybridized carbons (Fsp3) is 0. The van der Waals surface area contributed by atoms with Crippen LogP contribution in [0.4, 0.5) is 11.5 Å². The molecule has 0 spiro atoms. The van der Waals surface area contributed by atoms with Crippen molar-refractivity contribution in [3.8, 4) is 11.3 Å². The summed E-state index contributed by atoms with van der Waals surface area (Å²) in [5, 5.41) is 3.48. The van der Waals surface area contributed by atoms with Crippen LogP contribution < -0.4 is 5.32 Å². The lowest BCUT2D eigenvalue weighted by Gasteiger charge is -2.12. The fourth-order valence-electron chi connectivity index (χ4n) is 3.28. The minimum atomic E-state index is 0.775. The molecule has 27 heavy (non-hydrogen) atoms. The molecule has 1 N–H and O–H groups in total. The lowest BCUT2D eigenvalue weighted by molar-refractivity contribution is 1.19. The van der Waals surface area contributed by atoms with Gasteiger partial charge in [0.25, 0.3) is 0 Å². The Morgan fingerprint density at radius 2 is 1.56 bits per heavy atom. The predicted octanol–water partition coefficient (Wildman–Crippen LogP) is 6.06. The van der Waals surface area contributed by atoms with Crippen molar-refractivity contribution in [1.29, 1.82) is 0 Å². The van der Waals surface area contributed by atoms with Gasteiger partial charge in [-0.3, -0.25) is 4.40 Å². The second kappa shape index (κ2) is 6.52. The van der Waals surface area contributed by atoms with Crippen LogP contribution in [0.15, 0.2) is 89.7 Å². The van der Waals surface area contributed by atoms with Gasteiger partial charge in [-0.25, -0.2) is 9.97 Å². The average Bonchev–Trinajstić information content (AvgIpc) is 3.16. The molecule has 0 aliphatic carbocycles. The molecule has 0 aliphatic rings. The third-order valence-electron chi connectivity index (χ3n) is 4.54. The van der Waals surface area contributed by atoms with Crippen LogP contribution in [0.5, 0.6) is 0 Å². The van der Waals surface area contributed by atoms with Gasteiger partial charge < -0.3 is 5.32 Å². The van der Waals surface area contributed by atoms with E-state index in [-0.39, 0.29) is 0 Å². The first-order chi connectivity index (χ1) is 13.3. The van der Waals surface area contributed by atoms with Gasteiger partial charge in [0.05, 0.1) is 22.4 Å². The molecule has 0 amide bonds. The molecule has 130 valence electrons. The van der Waals surface area contributed by atoms with Gasteiger partial charge in [0.2, 0.25) is 0 Å². The van der Waals surface area contributed by atoms with Crippen molar-refractivity contribution in [3.05, 3.63) is 89.7 Å². The van der Waals surface area contributed by atoms with Gasteiger partial charge in [0.1, 0.15) is 11.8 Å². The van der Waals surface area contributed by atoms with E-state index in [0.717, 1.165) is 43.8 Å². The number of aromatic nitrogens is 3. The number of nitrogens with zero attached hydrogens (tertiary/aromatic N) is 3. The average molecular weight is 415 g/mol. The van der Waals surface area contributed by atoms with Crippen LogP contribution in [0.2, 0.25) is 0 Å². The number of anilines is 2. The van der Waals surface area contributed by atoms with Gasteiger partial charge in [-0.05, 0) is 40.2 Å². The van der Waals surface area contributed by atoms with Gasteiger partial charge in [0, 0.05) is 10.0 Å². The fourth-order valence-corrected chi connectivity index (χ4v) is 3.66. The minimum absolute atomic E-state index is 0.775. The molecule has 0 atom stereocenters. The van der Waals surface area contributed by atoms with Crippen molar-refractivity contribution >= 4 is 44.0 Å². The maximum Gasteiger partial charge on any atom is 0.157 e. The van der Waals surface area contributed by atoms with Crippen LogP contribution in [-0.2, 0) is 0 Å². The van der Waals surface area contributed by atoms with E-state index in [1.54, 1.807) is 0 Å². The maximum atomic E-state index is 4.91. The quantitative estimate of drug-likeness (QED) is 0.390. The highest BCUT2D eigenvalue weighted by Gasteiger charge is 2.16. The summed E-state index contributed by atoms with van der Waals surface area (Å²) in [6.07, 6.45) is 1.87. The summed E-state index contributed by atoms with van der Waals surface area (Å²) < 4.78 is 3.09. The van der Waals surface area contributed by atoms with Gasteiger partial charge in [0.15, 0.2) is 5.82 Å². The smallest absolute Gasteiger partial charge is 0.157 e. The molecule has 3 aromatic carbocycles. The van der Waals surface area contributed by atoms with Crippen molar-refractivity contribution in [2.24, 2.45) is 0 Å². The van der Waals surface area contributed by atoms with Gasteiger partial charge in [-0.2, -0.15) is 0 Å². The van der Waals surface area contributed by atoms with Crippen molar-refractivity contribution in [3.63, 3.8) is 0 Å². The Labute approximate surface area is 164 Å². The zero-order valence-corrected chi connectivity index (χ0v) is 15.9. The summed E-state index contributed by atoms with van der Waals surface area (Å²) in [4.78, 5) is 9.62. The normalized spacial score (nSPS) is 11.1. The highest BCUT2D eigenvalue weighted by atomic mass is 79.9. The molecule has 5 aromatic rings. The highest BCUT2D eigenvalue weighted by molar-refractivity contribution is 9.10. The van der Waals surface area contributed by atoms with Crippen molar-refractivity contribution in [2.75, 3.05) is 5.32 Å². The van der Waals surface area contributed by atoms with Crippen LogP contribution in [0, 0.1) is 0 Å². The van der Waals surface area contributed by atoms with Gasteiger partial charge in [-0.15, -0.1) is 0 Å². The first-order valence-electron chi connectivity index (χ1n) is 8.64. The highest BCUT2D eigenvalue weighted by Crippen LogP contribution is 2.33. The topological polar surface area (TPSA) is 42.2 Å². The summed E-state index contributed by atoms with van der Waals surface area (Å²) in [7, 11) is 0. The maximum absolute atomic E-state index is 4.91. The predicted molar refractivity (Wildman–Crippen MR) is 113 cm³/mol. The van der Waals surface area contributed by atoms with Crippen LogP contribution in [0.1, 0.15) is 0 Å². The zero-order chi connectivity index (χ0) is 18.2. The number of hydrogen-bond donors (Lipinski definition) is 1. The van der Waals surface area contributed by atoms with Crippen molar-refractivity contribution < 1.29 is 0 Å². The standard InChI is InChI=1S/C22H15BrN4/c23-16-10-4-5-11-17(16)25-22-21-20(15-8-2-1-3-9-15)24-14-27(21)19-13-7-6-12-18(19)26-22/h1-14H,(H,25,26). The lowest BCUT2D eigenvalue weighted by Crippen LogP contribution is -2.00. The number of rotatable bonds is 3. The number of halogens is 1. The van der Waals surface area contributed by atoms with E-state index in [4.69, 9.17) is 9.97 Å². The SMILES string of the molecule is Brc1ccccc1Nc1nc2ccccc2n2cnc(-c3ccccc3)c12. The minimum Gasteiger partial charge on any atom is -0.337 e. The largest absolute Gasteiger partial charge is 0.337 e. The third-order valence-corrected chi connectivity index (χ3v) is 5.23. The van der Waals surface area contributed by atoms with Crippen LogP contribution in [0.25, 0.3) is 27.8 Å². The molecule has 0 unspecified atom stereocenters. The van der Waals surface area contributed by atoms with E-state index in [9.17, 15) is 0 Å². The molecule has 4 nitrogen and oxygen atoms in total. The number of hydrogen-bond acceptors (Lipinski definition) is 3. The summed E-state index contributed by atoms with van der Waals surface area (Å²) in [5.41, 5.74) is 5.82. The summed E-state index contributed by atoms with van der Waals surface area (Å²) in [5.74, 6) is 0.775. The first kappa shape index (κ1) is 16.0. The Balaban J connectivity index is 1.81. The zero-order valence-electron chi connectivity index (χ0n) is 14.3. The molecule has 0 fully saturated rings. The molecule has 2 aromatic heterocycles. The van der Waals surface area contributed by atoms with E-state index in [1.165, 1.54) is 0 Å². The molecule has 0 saturated carbocycles. The van der Waals surface area contributed by atoms with E-state index in [2.05, 4.69) is 43.8 Å². The Kier molecular flexibility index (Phi) is 3.87. The first-order valence-corrected chi connectivity index (χ1v) is 9.43. The molecule has 2 heterocycles. The monoisotopic (exact) mass is 414 g/mol. The second-order valence-corrected chi connectivity index (χ2v) is 7.09. The second-order valence-electron chi connectivity index (χ2n) is 6.23. The van der Waals surface area contributed by atoms with E-state index in [0.29, 0.717) is 0 Å². The number of imidazole rings is 1.